The Hall–Kier alpha value is -0.360. The summed E-state index contributed by atoms with van der Waals surface area (Å²) in [6.07, 6.45) is 6.56. The van der Waals surface area contributed by atoms with Crippen LogP contribution < -0.4 is 4.90 Å². The number of thiazole rings is 1. The molecule has 1 aromatic heterocycles. The maximum absolute atomic E-state index is 6.46. The minimum absolute atomic E-state index is 0.700. The minimum Gasteiger partial charge on any atom is -0.348 e. The van der Waals surface area contributed by atoms with Crippen LogP contribution in [0.1, 0.15) is 37.0 Å². The first-order chi connectivity index (χ1) is 10.7. The van der Waals surface area contributed by atoms with Gasteiger partial charge in [-0.3, -0.25) is 4.90 Å². The molecule has 4 heterocycles. The predicted molar refractivity (Wildman–Crippen MR) is 93.0 cm³/mol. The standard InChI is InChI=1S/C16H25ClN4S/c1-19-9-6-12-4-5-13(10-19)21(12)11-14-15(17)18-16(22-14)20-7-2-3-8-20/h12-13H,2-11H2,1H3/t12-,13+/m1/s1. The SMILES string of the molecule is CN1CC[C@H]2CC[C@@H](C1)N2Cc1sc(N2CCCC2)nc1Cl. The molecule has 4 rings (SSSR count). The number of likely N-dealkylation sites (N-methyl/N-ethyl adjacent to an activating group) is 1. The summed E-state index contributed by atoms with van der Waals surface area (Å²) in [6.45, 7) is 5.71. The normalized spacial score (nSPS) is 30.2. The van der Waals surface area contributed by atoms with Crippen molar-refractivity contribution in [3.63, 3.8) is 0 Å². The second kappa shape index (κ2) is 6.27. The molecule has 0 aliphatic carbocycles. The van der Waals surface area contributed by atoms with E-state index in [0.717, 1.165) is 36.0 Å². The van der Waals surface area contributed by atoms with Gasteiger partial charge in [-0.25, -0.2) is 4.98 Å². The quantitative estimate of drug-likeness (QED) is 0.843. The fourth-order valence-corrected chi connectivity index (χ4v) is 5.55. The van der Waals surface area contributed by atoms with Crippen molar-refractivity contribution in [1.82, 2.24) is 14.8 Å². The Balaban J connectivity index is 1.51. The van der Waals surface area contributed by atoms with Crippen molar-refractivity contribution in [2.45, 2.75) is 50.7 Å². The summed E-state index contributed by atoms with van der Waals surface area (Å²) in [7, 11) is 2.25. The third-order valence-corrected chi connectivity index (χ3v) is 7.00. The van der Waals surface area contributed by atoms with Crippen molar-refractivity contribution in [3.8, 4) is 0 Å². The molecule has 0 saturated carbocycles. The molecular formula is C16H25ClN4S. The highest BCUT2D eigenvalue weighted by atomic mass is 35.5. The van der Waals surface area contributed by atoms with E-state index in [-0.39, 0.29) is 0 Å². The van der Waals surface area contributed by atoms with Gasteiger partial charge in [-0.2, -0.15) is 0 Å². The lowest BCUT2D eigenvalue weighted by molar-refractivity contribution is 0.185. The minimum atomic E-state index is 0.700. The first-order valence-electron chi connectivity index (χ1n) is 8.55. The van der Waals surface area contributed by atoms with Gasteiger partial charge in [0.05, 0.1) is 4.88 Å². The third kappa shape index (κ3) is 2.88. The molecule has 0 aromatic carbocycles. The van der Waals surface area contributed by atoms with Crippen LogP contribution in [0.25, 0.3) is 0 Å². The van der Waals surface area contributed by atoms with Crippen LogP contribution in [0, 0.1) is 0 Å². The fraction of sp³-hybridized carbons (Fsp3) is 0.812. The lowest BCUT2D eigenvalue weighted by Gasteiger charge is -2.27. The Morgan fingerprint density at radius 2 is 1.91 bits per heavy atom. The largest absolute Gasteiger partial charge is 0.348 e. The number of nitrogens with zero attached hydrogens (tertiary/aromatic N) is 4. The van der Waals surface area contributed by atoms with Crippen LogP contribution in [0.5, 0.6) is 0 Å². The van der Waals surface area contributed by atoms with Gasteiger partial charge in [0.25, 0.3) is 0 Å². The van der Waals surface area contributed by atoms with Crippen molar-refractivity contribution < 1.29 is 0 Å². The summed E-state index contributed by atoms with van der Waals surface area (Å²) in [4.78, 5) is 13.5. The average Bonchev–Trinajstić information content (AvgIpc) is 3.17. The van der Waals surface area contributed by atoms with E-state index in [1.165, 1.54) is 50.1 Å². The molecule has 0 amide bonds. The number of aromatic nitrogens is 1. The van der Waals surface area contributed by atoms with Crippen LogP contribution in [0.3, 0.4) is 0 Å². The summed E-state index contributed by atoms with van der Waals surface area (Å²) in [6, 6.07) is 1.44. The predicted octanol–water partition coefficient (Wildman–Crippen LogP) is 3.07. The molecule has 0 spiro atoms. The van der Waals surface area contributed by atoms with Crippen LogP contribution in [0.2, 0.25) is 5.15 Å². The molecule has 0 N–H and O–H groups in total. The van der Waals surface area contributed by atoms with E-state index in [4.69, 9.17) is 11.6 Å². The van der Waals surface area contributed by atoms with Gasteiger partial charge in [0.1, 0.15) is 5.15 Å². The molecule has 3 fully saturated rings. The topological polar surface area (TPSA) is 22.6 Å². The van der Waals surface area contributed by atoms with E-state index in [1.54, 1.807) is 0 Å². The second-order valence-corrected chi connectivity index (χ2v) is 8.43. The fourth-order valence-electron chi connectivity index (χ4n) is 4.23. The molecule has 1 aromatic rings. The molecule has 3 aliphatic heterocycles. The highest BCUT2D eigenvalue weighted by Crippen LogP contribution is 2.36. The number of rotatable bonds is 3. The van der Waals surface area contributed by atoms with Gasteiger partial charge >= 0.3 is 0 Å². The molecule has 0 unspecified atom stereocenters. The van der Waals surface area contributed by atoms with Crippen LogP contribution in [-0.4, -0.2) is 60.1 Å². The van der Waals surface area contributed by atoms with Crippen molar-refractivity contribution >= 4 is 28.1 Å². The lowest BCUT2D eigenvalue weighted by Crippen LogP contribution is -2.37. The molecule has 0 radical (unpaired) electrons. The maximum Gasteiger partial charge on any atom is 0.187 e. The Kier molecular flexibility index (Phi) is 4.33. The summed E-state index contributed by atoms with van der Waals surface area (Å²) >= 11 is 8.28. The van der Waals surface area contributed by atoms with E-state index in [1.807, 2.05) is 11.3 Å². The molecule has 22 heavy (non-hydrogen) atoms. The molecule has 2 atom stereocenters. The van der Waals surface area contributed by atoms with E-state index in [2.05, 4.69) is 26.7 Å². The molecule has 3 aliphatic rings. The number of anilines is 1. The number of fused-ring (bicyclic) bond motifs is 2. The monoisotopic (exact) mass is 340 g/mol. The summed E-state index contributed by atoms with van der Waals surface area (Å²) in [5.74, 6) is 0. The Bertz CT molecular complexity index is 528. The summed E-state index contributed by atoms with van der Waals surface area (Å²) in [5, 5.41) is 1.88. The smallest absolute Gasteiger partial charge is 0.187 e. The molecule has 6 heteroatoms. The van der Waals surface area contributed by atoms with E-state index >= 15 is 0 Å². The zero-order valence-corrected chi connectivity index (χ0v) is 14.9. The maximum atomic E-state index is 6.46. The van der Waals surface area contributed by atoms with Gasteiger partial charge in [-0.1, -0.05) is 22.9 Å². The van der Waals surface area contributed by atoms with Gasteiger partial charge in [-0.05, 0) is 45.7 Å². The lowest BCUT2D eigenvalue weighted by atomic mass is 10.1. The number of hydrogen-bond acceptors (Lipinski definition) is 5. The van der Waals surface area contributed by atoms with Crippen LogP contribution in [0.4, 0.5) is 5.13 Å². The molecule has 2 bridgehead atoms. The van der Waals surface area contributed by atoms with Gasteiger partial charge in [0.2, 0.25) is 0 Å². The van der Waals surface area contributed by atoms with Crippen molar-refractivity contribution in [2.75, 3.05) is 38.1 Å². The number of halogens is 1. The van der Waals surface area contributed by atoms with Gasteiger partial charge < -0.3 is 9.80 Å². The van der Waals surface area contributed by atoms with Crippen molar-refractivity contribution in [1.29, 1.82) is 0 Å². The summed E-state index contributed by atoms with van der Waals surface area (Å²) in [5.41, 5.74) is 0. The van der Waals surface area contributed by atoms with Gasteiger partial charge in [0, 0.05) is 38.3 Å². The molecule has 122 valence electrons. The van der Waals surface area contributed by atoms with Crippen LogP contribution in [0.15, 0.2) is 0 Å². The zero-order valence-electron chi connectivity index (χ0n) is 13.3. The van der Waals surface area contributed by atoms with E-state index in [0.29, 0.717) is 6.04 Å². The summed E-state index contributed by atoms with van der Waals surface area (Å²) < 4.78 is 0. The highest BCUT2D eigenvalue weighted by Gasteiger charge is 2.37. The second-order valence-electron chi connectivity index (χ2n) is 7.01. The Morgan fingerprint density at radius 1 is 1.14 bits per heavy atom. The van der Waals surface area contributed by atoms with Crippen molar-refractivity contribution in [3.05, 3.63) is 10.0 Å². The third-order valence-electron chi connectivity index (χ3n) is 5.48. The Morgan fingerprint density at radius 3 is 2.73 bits per heavy atom. The average molecular weight is 341 g/mol. The van der Waals surface area contributed by atoms with Crippen LogP contribution in [-0.2, 0) is 6.54 Å². The zero-order chi connectivity index (χ0) is 15.1. The van der Waals surface area contributed by atoms with Crippen molar-refractivity contribution in [2.24, 2.45) is 0 Å². The highest BCUT2D eigenvalue weighted by molar-refractivity contribution is 7.16. The number of likely N-dealkylation sites (tertiary alicyclic amines) is 1. The number of hydrogen-bond donors (Lipinski definition) is 0. The Labute approximate surface area is 142 Å². The van der Waals surface area contributed by atoms with Crippen LogP contribution >= 0.6 is 22.9 Å². The van der Waals surface area contributed by atoms with E-state index < -0.39 is 0 Å². The van der Waals surface area contributed by atoms with Gasteiger partial charge in [-0.15, -0.1) is 0 Å². The molecule has 3 saturated heterocycles. The van der Waals surface area contributed by atoms with Gasteiger partial charge in [0.15, 0.2) is 5.13 Å². The van der Waals surface area contributed by atoms with E-state index in [9.17, 15) is 0 Å². The first kappa shape index (κ1) is 15.2. The first-order valence-corrected chi connectivity index (χ1v) is 9.74. The molecule has 4 nitrogen and oxygen atoms in total. The molecular weight excluding hydrogens is 316 g/mol.